The molecule has 0 saturated heterocycles. The number of nitrogens with zero attached hydrogens (tertiary/aromatic N) is 2. The number of amides is 1. The first kappa shape index (κ1) is 15.7. The molecule has 1 aromatic rings. The number of carbonyl (C=O) groups excluding carboxylic acids is 1. The van der Waals surface area contributed by atoms with Gasteiger partial charge in [-0.3, -0.25) is 9.48 Å². The Morgan fingerprint density at radius 1 is 1.53 bits per heavy atom. The predicted molar refractivity (Wildman–Crippen MR) is 75.0 cm³/mol. The molecule has 0 bridgehead atoms. The number of aromatic nitrogens is 2. The molecule has 0 unspecified atom stereocenters. The van der Waals surface area contributed by atoms with E-state index in [1.165, 1.54) is 0 Å². The SMILES string of the molecule is CC(C)n1nccc1C(=O)NCCCC(C)(C)CO. The lowest BCUT2D eigenvalue weighted by molar-refractivity contribution is 0.0936. The number of hydrogen-bond donors (Lipinski definition) is 2. The molecule has 0 fully saturated rings. The summed E-state index contributed by atoms with van der Waals surface area (Å²) in [4.78, 5) is 12.0. The molecule has 19 heavy (non-hydrogen) atoms. The van der Waals surface area contributed by atoms with Crippen LogP contribution in [-0.4, -0.2) is 33.9 Å². The Morgan fingerprint density at radius 3 is 2.79 bits per heavy atom. The van der Waals surface area contributed by atoms with Crippen molar-refractivity contribution in [3.63, 3.8) is 0 Å². The average Bonchev–Trinajstić information content (AvgIpc) is 2.83. The summed E-state index contributed by atoms with van der Waals surface area (Å²) in [6.45, 7) is 8.80. The fourth-order valence-electron chi connectivity index (χ4n) is 1.84. The summed E-state index contributed by atoms with van der Waals surface area (Å²) in [5.41, 5.74) is 0.515. The van der Waals surface area contributed by atoms with E-state index in [4.69, 9.17) is 5.11 Å². The lowest BCUT2D eigenvalue weighted by atomic mass is 9.89. The summed E-state index contributed by atoms with van der Waals surface area (Å²) in [6, 6.07) is 1.90. The van der Waals surface area contributed by atoms with Crippen LogP contribution >= 0.6 is 0 Å². The van der Waals surface area contributed by atoms with Crippen LogP contribution in [0.3, 0.4) is 0 Å². The smallest absolute Gasteiger partial charge is 0.269 e. The molecule has 2 N–H and O–H groups in total. The van der Waals surface area contributed by atoms with Crippen molar-refractivity contribution in [2.24, 2.45) is 5.41 Å². The summed E-state index contributed by atoms with van der Waals surface area (Å²) in [6.07, 6.45) is 3.38. The minimum Gasteiger partial charge on any atom is -0.396 e. The second kappa shape index (κ2) is 6.70. The number of nitrogens with one attached hydrogen (secondary N) is 1. The first-order valence-corrected chi connectivity index (χ1v) is 6.80. The highest BCUT2D eigenvalue weighted by atomic mass is 16.3. The van der Waals surface area contributed by atoms with Crippen molar-refractivity contribution in [1.82, 2.24) is 15.1 Å². The van der Waals surface area contributed by atoms with E-state index in [1.54, 1.807) is 16.9 Å². The van der Waals surface area contributed by atoms with Gasteiger partial charge in [-0.15, -0.1) is 0 Å². The molecule has 0 aliphatic carbocycles. The number of rotatable bonds is 7. The lowest BCUT2D eigenvalue weighted by Crippen LogP contribution is -2.28. The van der Waals surface area contributed by atoms with Crippen molar-refractivity contribution in [3.05, 3.63) is 18.0 Å². The third-order valence-electron chi connectivity index (χ3n) is 3.14. The monoisotopic (exact) mass is 267 g/mol. The quantitative estimate of drug-likeness (QED) is 0.742. The highest BCUT2D eigenvalue weighted by molar-refractivity contribution is 5.92. The molecule has 0 aromatic carbocycles. The number of aliphatic hydroxyl groups is 1. The Hall–Kier alpha value is -1.36. The zero-order chi connectivity index (χ0) is 14.5. The van der Waals surface area contributed by atoms with Crippen LogP contribution in [0.4, 0.5) is 0 Å². The van der Waals surface area contributed by atoms with Crippen LogP contribution in [0, 0.1) is 5.41 Å². The van der Waals surface area contributed by atoms with E-state index in [0.29, 0.717) is 12.2 Å². The van der Waals surface area contributed by atoms with Gasteiger partial charge in [-0.1, -0.05) is 13.8 Å². The van der Waals surface area contributed by atoms with Gasteiger partial charge in [-0.2, -0.15) is 5.10 Å². The maximum Gasteiger partial charge on any atom is 0.269 e. The van der Waals surface area contributed by atoms with Gasteiger partial charge in [0.2, 0.25) is 0 Å². The van der Waals surface area contributed by atoms with Crippen molar-refractivity contribution < 1.29 is 9.90 Å². The molecule has 1 heterocycles. The van der Waals surface area contributed by atoms with Crippen LogP contribution in [0.1, 0.15) is 57.1 Å². The third kappa shape index (κ3) is 4.67. The first-order chi connectivity index (χ1) is 8.87. The molecule has 0 saturated carbocycles. The molecule has 5 heteroatoms. The van der Waals surface area contributed by atoms with Gasteiger partial charge >= 0.3 is 0 Å². The van der Waals surface area contributed by atoms with E-state index < -0.39 is 0 Å². The zero-order valence-electron chi connectivity index (χ0n) is 12.3. The zero-order valence-corrected chi connectivity index (χ0v) is 12.3. The van der Waals surface area contributed by atoms with Crippen molar-refractivity contribution in [2.75, 3.05) is 13.2 Å². The van der Waals surface area contributed by atoms with Crippen LogP contribution in [-0.2, 0) is 0 Å². The van der Waals surface area contributed by atoms with Crippen molar-refractivity contribution in [3.8, 4) is 0 Å². The van der Waals surface area contributed by atoms with Crippen molar-refractivity contribution in [2.45, 2.75) is 46.6 Å². The minimum absolute atomic E-state index is 0.0789. The normalized spacial score (nSPS) is 11.9. The third-order valence-corrected chi connectivity index (χ3v) is 3.14. The maximum absolute atomic E-state index is 12.0. The fourth-order valence-corrected chi connectivity index (χ4v) is 1.84. The fraction of sp³-hybridized carbons (Fsp3) is 0.714. The van der Waals surface area contributed by atoms with E-state index >= 15 is 0 Å². The molecule has 108 valence electrons. The van der Waals surface area contributed by atoms with Crippen molar-refractivity contribution in [1.29, 1.82) is 0 Å². The van der Waals surface area contributed by atoms with Crippen LogP contribution in [0.25, 0.3) is 0 Å². The molecular formula is C14H25N3O2. The summed E-state index contributed by atoms with van der Waals surface area (Å²) in [7, 11) is 0. The Bertz CT molecular complexity index is 411. The van der Waals surface area contributed by atoms with Crippen LogP contribution in [0.2, 0.25) is 0 Å². The summed E-state index contributed by atoms with van der Waals surface area (Å²) >= 11 is 0. The number of carbonyl (C=O) groups is 1. The van der Waals surface area contributed by atoms with Gasteiger partial charge in [0.25, 0.3) is 5.91 Å². The van der Waals surface area contributed by atoms with E-state index in [0.717, 1.165) is 12.8 Å². The lowest BCUT2D eigenvalue weighted by Gasteiger charge is -2.21. The molecule has 0 aliphatic heterocycles. The second-order valence-corrected chi connectivity index (χ2v) is 5.94. The Labute approximate surface area is 115 Å². The number of aliphatic hydroxyl groups excluding tert-OH is 1. The van der Waals surface area contributed by atoms with Gasteiger partial charge < -0.3 is 10.4 Å². The minimum atomic E-state index is -0.0898. The topological polar surface area (TPSA) is 67.2 Å². The molecule has 1 amide bonds. The van der Waals surface area contributed by atoms with Gasteiger partial charge in [0, 0.05) is 25.4 Å². The Kier molecular flexibility index (Phi) is 5.54. The van der Waals surface area contributed by atoms with Crippen LogP contribution in [0.5, 0.6) is 0 Å². The van der Waals surface area contributed by atoms with Gasteiger partial charge in [0.15, 0.2) is 0 Å². The van der Waals surface area contributed by atoms with Crippen molar-refractivity contribution >= 4 is 5.91 Å². The first-order valence-electron chi connectivity index (χ1n) is 6.80. The average molecular weight is 267 g/mol. The molecule has 1 rings (SSSR count). The summed E-state index contributed by atoms with van der Waals surface area (Å²) < 4.78 is 1.72. The predicted octanol–water partition coefficient (Wildman–Crippen LogP) is 1.99. The largest absolute Gasteiger partial charge is 0.396 e. The molecule has 0 aliphatic rings. The molecule has 0 atom stereocenters. The highest BCUT2D eigenvalue weighted by Crippen LogP contribution is 2.20. The Morgan fingerprint density at radius 2 is 2.21 bits per heavy atom. The Balaban J connectivity index is 2.42. The maximum atomic E-state index is 12.0. The van der Waals surface area contributed by atoms with Crippen LogP contribution in [0.15, 0.2) is 12.3 Å². The van der Waals surface area contributed by atoms with E-state index in [1.807, 2.05) is 27.7 Å². The van der Waals surface area contributed by atoms with Gasteiger partial charge in [-0.05, 0) is 38.2 Å². The van der Waals surface area contributed by atoms with Gasteiger partial charge in [0.1, 0.15) is 5.69 Å². The standard InChI is InChI=1S/C14H25N3O2/c1-11(2)17-12(6-9-16-17)13(19)15-8-5-7-14(3,4)10-18/h6,9,11,18H,5,7-8,10H2,1-4H3,(H,15,19). The van der Waals surface area contributed by atoms with E-state index in [9.17, 15) is 4.79 Å². The van der Waals surface area contributed by atoms with Crippen LogP contribution < -0.4 is 5.32 Å². The number of hydrogen-bond acceptors (Lipinski definition) is 3. The molecule has 1 aromatic heterocycles. The van der Waals surface area contributed by atoms with E-state index in [2.05, 4.69) is 10.4 Å². The molecule has 5 nitrogen and oxygen atoms in total. The highest BCUT2D eigenvalue weighted by Gasteiger charge is 2.17. The molecule has 0 radical (unpaired) electrons. The van der Waals surface area contributed by atoms with E-state index in [-0.39, 0.29) is 24.0 Å². The summed E-state index contributed by atoms with van der Waals surface area (Å²) in [5, 5.41) is 16.2. The summed E-state index contributed by atoms with van der Waals surface area (Å²) in [5.74, 6) is -0.0898. The van der Waals surface area contributed by atoms with Gasteiger partial charge in [0.05, 0.1) is 0 Å². The molecular weight excluding hydrogens is 242 g/mol. The molecule has 0 spiro atoms. The van der Waals surface area contributed by atoms with Gasteiger partial charge in [-0.25, -0.2) is 0 Å². The second-order valence-electron chi connectivity index (χ2n) is 5.94.